The molecule has 0 aliphatic rings. The lowest BCUT2D eigenvalue weighted by molar-refractivity contribution is 0.535. The fourth-order valence-corrected chi connectivity index (χ4v) is 3.85. The number of aromatic nitrogens is 4. The number of benzene rings is 1. The van der Waals surface area contributed by atoms with Crippen molar-refractivity contribution in [1.82, 2.24) is 19.8 Å². The Morgan fingerprint density at radius 3 is 2.70 bits per heavy atom. The molecule has 3 heterocycles. The number of hydrogen-bond acceptors (Lipinski definition) is 5. The summed E-state index contributed by atoms with van der Waals surface area (Å²) in [5.74, 6) is 1.84. The Balaban J connectivity index is 1.81. The van der Waals surface area contributed by atoms with Crippen molar-refractivity contribution < 1.29 is 4.42 Å². The fourth-order valence-electron chi connectivity index (χ4n) is 2.80. The van der Waals surface area contributed by atoms with E-state index in [2.05, 4.69) is 41.4 Å². The van der Waals surface area contributed by atoms with Crippen LogP contribution in [0.25, 0.3) is 16.3 Å². The van der Waals surface area contributed by atoms with Crippen LogP contribution >= 0.6 is 11.3 Å². The van der Waals surface area contributed by atoms with E-state index in [1.165, 1.54) is 5.56 Å². The third-order valence-electron chi connectivity index (χ3n) is 4.01. The summed E-state index contributed by atoms with van der Waals surface area (Å²) in [6.07, 6.45) is 2.66. The van der Waals surface area contributed by atoms with Gasteiger partial charge in [0, 0.05) is 5.92 Å². The lowest BCUT2D eigenvalue weighted by Gasteiger charge is -2.11. The van der Waals surface area contributed by atoms with Gasteiger partial charge in [-0.25, -0.2) is 0 Å². The van der Waals surface area contributed by atoms with E-state index in [4.69, 9.17) is 9.52 Å². The maximum Gasteiger partial charge on any atom is 0.234 e. The van der Waals surface area contributed by atoms with Gasteiger partial charge in [0.05, 0.1) is 11.8 Å². The van der Waals surface area contributed by atoms with Crippen LogP contribution < -0.4 is 0 Å². The highest BCUT2D eigenvalue weighted by Crippen LogP contribution is 2.32. The van der Waals surface area contributed by atoms with Gasteiger partial charge in [0.2, 0.25) is 4.96 Å². The highest BCUT2D eigenvalue weighted by molar-refractivity contribution is 7.16. The number of fused-ring (bicyclic) bond motifs is 1. The second-order valence-corrected chi connectivity index (χ2v) is 6.41. The van der Waals surface area contributed by atoms with Crippen LogP contribution in [0.3, 0.4) is 0 Å². The standard InChI is InChI=1S/C17H16N4OS/c1-3-13(12-7-5-4-6-8-12)16-20-21-15(18-19-17(21)23-16)14-9-10-22-11(14)2/h4-10,13H,3H2,1-2H3. The first-order valence-electron chi connectivity index (χ1n) is 7.59. The highest BCUT2D eigenvalue weighted by Gasteiger charge is 2.21. The fraction of sp³-hybridized carbons (Fsp3) is 0.235. The molecule has 0 bridgehead atoms. The zero-order valence-corrected chi connectivity index (χ0v) is 13.7. The predicted molar refractivity (Wildman–Crippen MR) is 89.7 cm³/mol. The molecule has 6 heteroatoms. The Morgan fingerprint density at radius 2 is 2.00 bits per heavy atom. The Morgan fingerprint density at radius 1 is 1.17 bits per heavy atom. The highest BCUT2D eigenvalue weighted by atomic mass is 32.1. The summed E-state index contributed by atoms with van der Waals surface area (Å²) < 4.78 is 7.20. The van der Waals surface area contributed by atoms with Crippen molar-refractivity contribution in [3.8, 4) is 11.4 Å². The molecule has 0 aliphatic heterocycles. The van der Waals surface area contributed by atoms with E-state index in [1.54, 1.807) is 17.6 Å². The summed E-state index contributed by atoms with van der Waals surface area (Å²) in [5.41, 5.74) is 2.21. The van der Waals surface area contributed by atoms with Gasteiger partial charge in [0.15, 0.2) is 5.82 Å². The Bertz CT molecular complexity index is 938. The molecule has 0 fully saturated rings. The van der Waals surface area contributed by atoms with E-state index in [9.17, 15) is 0 Å². The van der Waals surface area contributed by atoms with Gasteiger partial charge in [0.1, 0.15) is 10.8 Å². The average Bonchev–Trinajstić information content (AvgIpc) is 3.25. The lowest BCUT2D eigenvalue weighted by Crippen LogP contribution is -2.01. The van der Waals surface area contributed by atoms with Gasteiger partial charge >= 0.3 is 0 Å². The minimum Gasteiger partial charge on any atom is -0.469 e. The van der Waals surface area contributed by atoms with Crippen molar-refractivity contribution in [2.45, 2.75) is 26.2 Å². The van der Waals surface area contributed by atoms with Crippen molar-refractivity contribution in [3.63, 3.8) is 0 Å². The third-order valence-corrected chi connectivity index (χ3v) is 5.03. The van der Waals surface area contributed by atoms with Crippen molar-refractivity contribution in [2.75, 3.05) is 0 Å². The average molecular weight is 324 g/mol. The Hall–Kier alpha value is -2.47. The van der Waals surface area contributed by atoms with Crippen LogP contribution in [-0.2, 0) is 0 Å². The Kier molecular flexibility index (Phi) is 3.46. The summed E-state index contributed by atoms with van der Waals surface area (Å²) in [6.45, 7) is 4.10. The SMILES string of the molecule is CCC(c1ccccc1)c1nn2c(-c3ccoc3C)nnc2s1. The molecule has 0 radical (unpaired) electrons. The van der Waals surface area contributed by atoms with Gasteiger partial charge in [-0.15, -0.1) is 10.2 Å². The molecule has 1 atom stereocenters. The first-order chi connectivity index (χ1) is 11.3. The smallest absolute Gasteiger partial charge is 0.234 e. The van der Waals surface area contributed by atoms with Crippen LogP contribution in [0.1, 0.15) is 35.6 Å². The second-order valence-electron chi connectivity index (χ2n) is 5.42. The van der Waals surface area contributed by atoms with Gasteiger partial charge in [-0.05, 0) is 25.0 Å². The molecule has 4 rings (SSSR count). The van der Waals surface area contributed by atoms with Crippen LogP contribution in [0.2, 0.25) is 0 Å². The van der Waals surface area contributed by atoms with Crippen molar-refractivity contribution in [3.05, 3.63) is 59.0 Å². The number of nitrogens with zero attached hydrogens (tertiary/aromatic N) is 4. The molecule has 0 aliphatic carbocycles. The summed E-state index contributed by atoms with van der Waals surface area (Å²) in [5, 5.41) is 14.4. The van der Waals surface area contributed by atoms with E-state index in [1.807, 2.05) is 23.6 Å². The van der Waals surface area contributed by atoms with E-state index in [0.717, 1.165) is 33.5 Å². The first kappa shape index (κ1) is 14.1. The van der Waals surface area contributed by atoms with Gasteiger partial charge in [-0.1, -0.05) is 48.6 Å². The van der Waals surface area contributed by atoms with Crippen LogP contribution in [0.15, 0.2) is 47.1 Å². The zero-order chi connectivity index (χ0) is 15.8. The predicted octanol–water partition coefficient (Wildman–Crippen LogP) is 4.30. The molecule has 23 heavy (non-hydrogen) atoms. The van der Waals surface area contributed by atoms with E-state index >= 15 is 0 Å². The van der Waals surface area contributed by atoms with E-state index in [0.29, 0.717) is 0 Å². The van der Waals surface area contributed by atoms with Gasteiger partial charge in [0.25, 0.3) is 0 Å². The molecule has 0 amide bonds. The summed E-state index contributed by atoms with van der Waals surface area (Å²) in [4.78, 5) is 0.810. The largest absolute Gasteiger partial charge is 0.469 e. The number of hydrogen-bond donors (Lipinski definition) is 0. The van der Waals surface area contributed by atoms with Gasteiger partial charge in [-0.3, -0.25) is 0 Å². The minimum atomic E-state index is 0.279. The molecular formula is C17H16N4OS. The molecule has 116 valence electrons. The monoisotopic (exact) mass is 324 g/mol. The molecule has 4 aromatic rings. The Labute approximate surface area is 137 Å². The van der Waals surface area contributed by atoms with Crippen molar-refractivity contribution >= 4 is 16.3 Å². The second kappa shape index (κ2) is 5.62. The molecule has 0 saturated carbocycles. The minimum absolute atomic E-state index is 0.279. The van der Waals surface area contributed by atoms with Crippen LogP contribution in [-0.4, -0.2) is 19.8 Å². The maximum atomic E-state index is 5.38. The first-order valence-corrected chi connectivity index (χ1v) is 8.41. The molecule has 0 saturated heterocycles. The number of furan rings is 1. The van der Waals surface area contributed by atoms with E-state index in [-0.39, 0.29) is 5.92 Å². The van der Waals surface area contributed by atoms with Crippen LogP contribution in [0.4, 0.5) is 0 Å². The molecule has 0 N–H and O–H groups in total. The third kappa shape index (κ3) is 2.35. The zero-order valence-electron chi connectivity index (χ0n) is 12.9. The lowest BCUT2D eigenvalue weighted by atomic mass is 9.97. The van der Waals surface area contributed by atoms with Crippen molar-refractivity contribution in [1.29, 1.82) is 0 Å². The summed E-state index contributed by atoms with van der Waals surface area (Å²) in [7, 11) is 0. The van der Waals surface area contributed by atoms with Crippen LogP contribution in [0, 0.1) is 6.92 Å². The quantitative estimate of drug-likeness (QED) is 0.562. The topological polar surface area (TPSA) is 56.2 Å². The van der Waals surface area contributed by atoms with E-state index < -0.39 is 0 Å². The molecule has 3 aromatic heterocycles. The number of aryl methyl sites for hydroxylation is 1. The summed E-state index contributed by atoms with van der Waals surface area (Å²) >= 11 is 1.60. The summed E-state index contributed by atoms with van der Waals surface area (Å²) in [6, 6.07) is 12.4. The molecule has 5 nitrogen and oxygen atoms in total. The maximum absolute atomic E-state index is 5.38. The van der Waals surface area contributed by atoms with Crippen LogP contribution in [0.5, 0.6) is 0 Å². The molecular weight excluding hydrogens is 308 g/mol. The molecule has 1 aromatic carbocycles. The normalized spacial score (nSPS) is 12.8. The molecule has 1 unspecified atom stereocenters. The molecule has 0 spiro atoms. The van der Waals surface area contributed by atoms with Gasteiger partial charge < -0.3 is 4.42 Å². The van der Waals surface area contributed by atoms with Gasteiger partial charge in [-0.2, -0.15) is 9.61 Å². The number of rotatable bonds is 4. The van der Waals surface area contributed by atoms with Crippen molar-refractivity contribution in [2.24, 2.45) is 0 Å².